The average molecular weight is 131 g/mol. The summed E-state index contributed by atoms with van der Waals surface area (Å²) < 4.78 is 0. The Hall–Kier alpha value is 0.177. The summed E-state index contributed by atoms with van der Waals surface area (Å²) in [6.07, 6.45) is 1.23. The van der Waals surface area contributed by atoms with E-state index in [4.69, 9.17) is 5.73 Å². The van der Waals surface area contributed by atoms with E-state index in [2.05, 4.69) is 20.0 Å². The summed E-state index contributed by atoms with van der Waals surface area (Å²) >= 11 is 0. The lowest BCUT2D eigenvalue weighted by Crippen LogP contribution is -2.16. The zero-order valence-corrected chi connectivity index (χ0v) is 7.30. The zero-order chi connectivity index (χ0) is 6.57. The Morgan fingerprint density at radius 1 is 1.50 bits per heavy atom. The topological polar surface area (TPSA) is 26.0 Å². The van der Waals surface area contributed by atoms with Crippen molar-refractivity contribution in [2.75, 3.05) is 0 Å². The molecule has 0 rings (SSSR count). The summed E-state index contributed by atoms with van der Waals surface area (Å²) in [5.74, 6) is 0. The fourth-order valence-corrected chi connectivity index (χ4v) is 1.79. The highest BCUT2D eigenvalue weighted by Gasteiger charge is 1.97. The van der Waals surface area contributed by atoms with Crippen molar-refractivity contribution < 1.29 is 0 Å². The molecule has 1 unspecified atom stereocenters. The highest BCUT2D eigenvalue weighted by atomic mass is 28.3. The molecule has 1 atom stereocenters. The molecule has 0 amide bonds. The fraction of sp³-hybridized carbons (Fsp3) is 1.00. The van der Waals surface area contributed by atoms with Crippen LogP contribution < -0.4 is 5.73 Å². The summed E-state index contributed by atoms with van der Waals surface area (Å²) in [6, 6.07) is 1.82. The van der Waals surface area contributed by atoms with Crippen LogP contribution in [-0.2, 0) is 0 Å². The van der Waals surface area contributed by atoms with Gasteiger partial charge in [-0.05, 0) is 13.3 Å². The zero-order valence-electron chi connectivity index (χ0n) is 6.15. The first-order chi connectivity index (χ1) is 3.63. The molecule has 1 nitrogen and oxygen atoms in total. The maximum Gasteiger partial charge on any atom is 0.0306 e. The van der Waals surface area contributed by atoms with Crippen molar-refractivity contribution in [3.8, 4) is 0 Å². The van der Waals surface area contributed by atoms with E-state index in [1.165, 1.54) is 12.5 Å². The highest BCUT2D eigenvalue weighted by molar-refractivity contribution is 6.55. The van der Waals surface area contributed by atoms with E-state index in [-0.39, 0.29) is 8.80 Å². The van der Waals surface area contributed by atoms with Gasteiger partial charge >= 0.3 is 0 Å². The van der Waals surface area contributed by atoms with E-state index in [1.54, 1.807) is 0 Å². The summed E-state index contributed by atoms with van der Waals surface area (Å²) in [7, 11) is -0.307. The lowest BCUT2D eigenvalue weighted by Gasteiger charge is -2.04. The molecule has 50 valence electrons. The van der Waals surface area contributed by atoms with Crippen molar-refractivity contribution in [1.82, 2.24) is 0 Å². The van der Waals surface area contributed by atoms with Gasteiger partial charge in [0.05, 0.1) is 0 Å². The highest BCUT2D eigenvalue weighted by Crippen LogP contribution is 1.98. The SMILES string of the molecule is CC(N)CC[SiH](C)C. The summed E-state index contributed by atoms with van der Waals surface area (Å²) in [5.41, 5.74) is 5.56. The van der Waals surface area contributed by atoms with Crippen LogP contribution in [0.25, 0.3) is 0 Å². The van der Waals surface area contributed by atoms with Gasteiger partial charge in [0, 0.05) is 14.8 Å². The second-order valence-electron chi connectivity index (χ2n) is 2.95. The average Bonchev–Trinajstić information content (AvgIpc) is 1.61. The Morgan fingerprint density at radius 3 is 2.12 bits per heavy atom. The maximum atomic E-state index is 5.56. The first-order valence-electron chi connectivity index (χ1n) is 3.38. The van der Waals surface area contributed by atoms with Gasteiger partial charge in [0.2, 0.25) is 0 Å². The molecule has 0 radical (unpaired) electrons. The third-order valence-corrected chi connectivity index (χ3v) is 2.69. The molecule has 0 saturated heterocycles. The molecular formula is C6H17NSi. The van der Waals surface area contributed by atoms with Crippen molar-refractivity contribution in [2.45, 2.75) is 38.5 Å². The van der Waals surface area contributed by atoms with Crippen molar-refractivity contribution >= 4 is 8.80 Å². The summed E-state index contributed by atoms with van der Waals surface area (Å²) in [5, 5.41) is 0. The molecule has 0 aliphatic carbocycles. The third kappa shape index (κ3) is 6.18. The minimum Gasteiger partial charge on any atom is -0.328 e. The van der Waals surface area contributed by atoms with Gasteiger partial charge < -0.3 is 5.73 Å². The molecule has 0 spiro atoms. The second-order valence-corrected chi connectivity index (χ2v) is 6.31. The van der Waals surface area contributed by atoms with Crippen LogP contribution in [-0.4, -0.2) is 14.8 Å². The van der Waals surface area contributed by atoms with Crippen LogP contribution in [0.3, 0.4) is 0 Å². The Balaban J connectivity index is 2.93. The molecule has 0 fully saturated rings. The second kappa shape index (κ2) is 4.10. The van der Waals surface area contributed by atoms with Crippen LogP contribution in [0.4, 0.5) is 0 Å². The lowest BCUT2D eigenvalue weighted by molar-refractivity contribution is 0.710. The molecule has 8 heavy (non-hydrogen) atoms. The van der Waals surface area contributed by atoms with Crippen LogP contribution in [0.5, 0.6) is 0 Å². The first kappa shape index (κ1) is 8.18. The number of rotatable bonds is 3. The standard InChI is InChI=1S/C6H17NSi/c1-6(7)4-5-8(2)3/h6,8H,4-5,7H2,1-3H3. The minimum atomic E-state index is -0.307. The smallest absolute Gasteiger partial charge is 0.0306 e. The molecule has 0 aromatic heterocycles. The Kier molecular flexibility index (Phi) is 4.19. The van der Waals surface area contributed by atoms with Crippen molar-refractivity contribution in [3.63, 3.8) is 0 Å². The monoisotopic (exact) mass is 131 g/mol. The molecule has 0 aromatic rings. The largest absolute Gasteiger partial charge is 0.328 e. The minimum absolute atomic E-state index is 0.307. The van der Waals surface area contributed by atoms with Gasteiger partial charge in [-0.1, -0.05) is 19.1 Å². The van der Waals surface area contributed by atoms with Crippen LogP contribution in [0.1, 0.15) is 13.3 Å². The van der Waals surface area contributed by atoms with E-state index >= 15 is 0 Å². The molecule has 2 heteroatoms. The van der Waals surface area contributed by atoms with Crippen LogP contribution in [0.2, 0.25) is 19.1 Å². The van der Waals surface area contributed by atoms with Crippen molar-refractivity contribution in [2.24, 2.45) is 5.73 Å². The van der Waals surface area contributed by atoms with Crippen LogP contribution in [0, 0.1) is 0 Å². The van der Waals surface area contributed by atoms with Gasteiger partial charge in [0.15, 0.2) is 0 Å². The fourth-order valence-electron chi connectivity index (χ4n) is 0.596. The predicted octanol–water partition coefficient (Wildman–Crippen LogP) is 1.21. The molecule has 0 aliphatic heterocycles. The maximum absolute atomic E-state index is 5.56. The van der Waals surface area contributed by atoms with Gasteiger partial charge in [-0.25, -0.2) is 0 Å². The Bertz CT molecular complexity index is 44.5. The number of nitrogens with two attached hydrogens (primary N) is 1. The van der Waals surface area contributed by atoms with Crippen LogP contribution >= 0.6 is 0 Å². The van der Waals surface area contributed by atoms with Crippen molar-refractivity contribution in [3.05, 3.63) is 0 Å². The van der Waals surface area contributed by atoms with Gasteiger partial charge in [-0.2, -0.15) is 0 Å². The van der Waals surface area contributed by atoms with Gasteiger partial charge in [-0.3, -0.25) is 0 Å². The van der Waals surface area contributed by atoms with Crippen molar-refractivity contribution in [1.29, 1.82) is 0 Å². The normalized spacial score (nSPS) is 14.6. The van der Waals surface area contributed by atoms with E-state index < -0.39 is 0 Å². The Morgan fingerprint density at radius 2 is 2.00 bits per heavy atom. The van der Waals surface area contributed by atoms with E-state index in [0.29, 0.717) is 6.04 Å². The molecule has 2 N–H and O–H groups in total. The van der Waals surface area contributed by atoms with E-state index in [1.807, 2.05) is 0 Å². The third-order valence-electron chi connectivity index (χ3n) is 1.20. The molecule has 0 bridgehead atoms. The lowest BCUT2D eigenvalue weighted by atomic mass is 10.3. The molecule has 0 aliphatic rings. The summed E-state index contributed by atoms with van der Waals surface area (Å²) in [4.78, 5) is 0. The number of hydrogen-bond donors (Lipinski definition) is 1. The molecule has 0 heterocycles. The number of hydrogen-bond acceptors (Lipinski definition) is 1. The van der Waals surface area contributed by atoms with E-state index in [9.17, 15) is 0 Å². The van der Waals surface area contributed by atoms with Gasteiger partial charge in [0.25, 0.3) is 0 Å². The summed E-state index contributed by atoms with van der Waals surface area (Å²) in [6.45, 7) is 6.81. The van der Waals surface area contributed by atoms with Crippen LogP contribution in [0.15, 0.2) is 0 Å². The first-order valence-corrected chi connectivity index (χ1v) is 6.51. The van der Waals surface area contributed by atoms with E-state index in [0.717, 1.165) is 0 Å². The predicted molar refractivity (Wildman–Crippen MR) is 42.0 cm³/mol. The molecule has 0 saturated carbocycles. The van der Waals surface area contributed by atoms with Gasteiger partial charge in [0.1, 0.15) is 0 Å². The van der Waals surface area contributed by atoms with Gasteiger partial charge in [-0.15, -0.1) is 0 Å². The quantitative estimate of drug-likeness (QED) is 0.572. The molecule has 0 aromatic carbocycles. The Labute approximate surface area is 53.9 Å². The molecular weight excluding hydrogens is 114 g/mol.